The van der Waals surface area contributed by atoms with Gasteiger partial charge in [0.25, 0.3) is 0 Å². The average molecular weight is 666 g/mol. The number of nitrogens with one attached hydrogen (secondary N) is 2. The molecule has 1 aromatic heterocycles. The molecule has 246 valence electrons. The summed E-state index contributed by atoms with van der Waals surface area (Å²) in [6, 6.07) is 54.4. The highest BCUT2D eigenvalue weighted by Crippen LogP contribution is 2.39. The highest BCUT2D eigenvalue weighted by molar-refractivity contribution is 6.14. The van der Waals surface area contributed by atoms with Crippen molar-refractivity contribution in [3.63, 3.8) is 0 Å². The van der Waals surface area contributed by atoms with Crippen LogP contribution >= 0.6 is 0 Å². The number of dihydropyridines is 2. The van der Waals surface area contributed by atoms with Crippen LogP contribution in [0.3, 0.4) is 0 Å². The van der Waals surface area contributed by atoms with Crippen molar-refractivity contribution in [2.45, 2.75) is 12.1 Å². The zero-order chi connectivity index (χ0) is 34.4. The first kappa shape index (κ1) is 30.1. The van der Waals surface area contributed by atoms with Gasteiger partial charge in [-0.2, -0.15) is 0 Å². The first-order valence-corrected chi connectivity index (χ1v) is 17.9. The molecule has 3 nitrogen and oxygen atoms in total. The number of hydrogen-bond donors (Lipinski definition) is 2. The van der Waals surface area contributed by atoms with Crippen molar-refractivity contribution in [1.29, 1.82) is 0 Å². The molecule has 10 rings (SSSR count). The number of hydrogen-bond acceptors (Lipinski definition) is 3. The lowest BCUT2D eigenvalue weighted by Crippen LogP contribution is -2.42. The van der Waals surface area contributed by atoms with Gasteiger partial charge in [-0.25, -0.2) is 4.98 Å². The van der Waals surface area contributed by atoms with E-state index in [0.717, 1.165) is 28.0 Å². The van der Waals surface area contributed by atoms with Gasteiger partial charge in [0, 0.05) is 22.3 Å². The second-order valence-electron chi connectivity index (χ2n) is 13.7. The van der Waals surface area contributed by atoms with Crippen molar-refractivity contribution in [3.8, 4) is 33.5 Å². The summed E-state index contributed by atoms with van der Waals surface area (Å²) >= 11 is 0. The molecule has 7 aromatic rings. The minimum atomic E-state index is 0.0689. The van der Waals surface area contributed by atoms with Gasteiger partial charge in [-0.3, -0.25) is 0 Å². The fourth-order valence-electron chi connectivity index (χ4n) is 7.84. The van der Waals surface area contributed by atoms with Gasteiger partial charge < -0.3 is 10.6 Å². The zero-order valence-electron chi connectivity index (χ0n) is 28.5. The van der Waals surface area contributed by atoms with Gasteiger partial charge in [-0.05, 0) is 79.6 Å². The molecule has 52 heavy (non-hydrogen) atoms. The van der Waals surface area contributed by atoms with Gasteiger partial charge in [0.15, 0.2) is 0 Å². The Morgan fingerprint density at radius 1 is 0.519 bits per heavy atom. The van der Waals surface area contributed by atoms with Crippen LogP contribution in [0.25, 0.3) is 60.9 Å². The molecule has 0 amide bonds. The minimum absolute atomic E-state index is 0.0689. The Labute approximate surface area is 303 Å². The Balaban J connectivity index is 0.985. The quantitative estimate of drug-likeness (QED) is 0.180. The molecule has 3 heteroatoms. The average Bonchev–Trinajstić information content (AvgIpc) is 3.23. The summed E-state index contributed by atoms with van der Waals surface area (Å²) in [7, 11) is 0. The number of rotatable bonds is 5. The number of aromatic nitrogens is 1. The Morgan fingerprint density at radius 2 is 1.21 bits per heavy atom. The molecule has 0 saturated heterocycles. The molecule has 0 fully saturated rings. The molecule has 0 spiro atoms. The number of fused-ring (bicyclic) bond motifs is 5. The lowest BCUT2D eigenvalue weighted by molar-refractivity contribution is 0.613. The molecular weight excluding hydrogens is 631 g/mol. The highest BCUT2D eigenvalue weighted by Gasteiger charge is 2.29. The first-order chi connectivity index (χ1) is 25.7. The topological polar surface area (TPSA) is 37.0 Å². The summed E-state index contributed by atoms with van der Waals surface area (Å²) in [6.45, 7) is 0. The van der Waals surface area contributed by atoms with E-state index in [9.17, 15) is 0 Å². The van der Waals surface area contributed by atoms with Crippen molar-refractivity contribution >= 4 is 27.4 Å². The molecular formula is C49H35N3. The summed E-state index contributed by atoms with van der Waals surface area (Å²) in [6.07, 6.45) is 13.4. The van der Waals surface area contributed by atoms with Crippen LogP contribution in [0.4, 0.5) is 0 Å². The number of allylic oxidation sites excluding steroid dienone is 5. The lowest BCUT2D eigenvalue weighted by atomic mass is 9.87. The van der Waals surface area contributed by atoms with Crippen LogP contribution in [0, 0.1) is 0 Å². The molecule has 6 aromatic carbocycles. The van der Waals surface area contributed by atoms with Gasteiger partial charge in [0.05, 0.1) is 23.3 Å². The van der Waals surface area contributed by atoms with Crippen LogP contribution < -0.4 is 10.6 Å². The van der Waals surface area contributed by atoms with Crippen molar-refractivity contribution in [2.75, 3.05) is 0 Å². The third-order valence-electron chi connectivity index (χ3n) is 10.5. The molecule has 0 bridgehead atoms. The monoisotopic (exact) mass is 665 g/mol. The molecule has 0 radical (unpaired) electrons. The second-order valence-corrected chi connectivity index (χ2v) is 13.7. The third kappa shape index (κ3) is 5.35. The Bertz CT molecular complexity index is 2650. The van der Waals surface area contributed by atoms with Crippen LogP contribution in [0.5, 0.6) is 0 Å². The summed E-state index contributed by atoms with van der Waals surface area (Å²) in [5, 5.41) is 11.3. The molecule has 2 atom stereocenters. The Kier molecular flexibility index (Phi) is 7.28. The first-order valence-electron chi connectivity index (χ1n) is 17.9. The van der Waals surface area contributed by atoms with Gasteiger partial charge in [-0.15, -0.1) is 0 Å². The van der Waals surface area contributed by atoms with Crippen LogP contribution in [0.2, 0.25) is 0 Å². The molecule has 2 unspecified atom stereocenters. The number of benzene rings is 6. The predicted molar refractivity (Wildman–Crippen MR) is 216 cm³/mol. The van der Waals surface area contributed by atoms with Crippen molar-refractivity contribution in [1.82, 2.24) is 15.6 Å². The lowest BCUT2D eigenvalue weighted by Gasteiger charge is -2.36. The van der Waals surface area contributed by atoms with Crippen molar-refractivity contribution < 1.29 is 0 Å². The van der Waals surface area contributed by atoms with Crippen molar-refractivity contribution in [3.05, 3.63) is 216 Å². The molecule has 2 aliphatic heterocycles. The van der Waals surface area contributed by atoms with Crippen LogP contribution in [-0.2, 0) is 0 Å². The summed E-state index contributed by atoms with van der Waals surface area (Å²) in [5.41, 5.74) is 15.1. The second kappa shape index (κ2) is 12.6. The molecule has 0 saturated carbocycles. The molecule has 3 heterocycles. The van der Waals surface area contributed by atoms with Crippen LogP contribution in [0.15, 0.2) is 205 Å². The summed E-state index contributed by atoms with van der Waals surface area (Å²) < 4.78 is 0. The largest absolute Gasteiger partial charge is 0.376 e. The predicted octanol–water partition coefficient (Wildman–Crippen LogP) is 11.4. The normalized spacial score (nSPS) is 17.5. The van der Waals surface area contributed by atoms with E-state index in [1.54, 1.807) is 0 Å². The van der Waals surface area contributed by atoms with E-state index >= 15 is 0 Å². The van der Waals surface area contributed by atoms with E-state index in [1.807, 2.05) is 6.07 Å². The van der Waals surface area contributed by atoms with Gasteiger partial charge in [0.2, 0.25) is 0 Å². The Hall–Kier alpha value is -6.71. The smallest absolute Gasteiger partial charge is 0.0920 e. The fourth-order valence-corrected chi connectivity index (χ4v) is 7.84. The molecule has 2 N–H and O–H groups in total. The van der Waals surface area contributed by atoms with E-state index in [0.29, 0.717) is 0 Å². The fraction of sp³-hybridized carbons (Fsp3) is 0.0408. The van der Waals surface area contributed by atoms with E-state index in [-0.39, 0.29) is 12.1 Å². The minimum Gasteiger partial charge on any atom is -0.376 e. The van der Waals surface area contributed by atoms with Gasteiger partial charge >= 0.3 is 0 Å². The van der Waals surface area contributed by atoms with Crippen LogP contribution in [0.1, 0.15) is 17.2 Å². The van der Waals surface area contributed by atoms with Crippen LogP contribution in [-0.4, -0.2) is 11.0 Å². The highest BCUT2D eigenvalue weighted by atomic mass is 15.0. The van der Waals surface area contributed by atoms with E-state index in [1.165, 1.54) is 60.8 Å². The van der Waals surface area contributed by atoms with E-state index < -0.39 is 0 Å². The molecule has 3 aliphatic rings. The number of nitrogens with zero attached hydrogens (tertiary/aromatic N) is 1. The van der Waals surface area contributed by atoms with E-state index in [4.69, 9.17) is 4.98 Å². The Morgan fingerprint density at radius 3 is 2.00 bits per heavy atom. The maximum absolute atomic E-state index is 5.19. The molecule has 1 aliphatic carbocycles. The maximum Gasteiger partial charge on any atom is 0.0920 e. The van der Waals surface area contributed by atoms with E-state index in [2.05, 4.69) is 193 Å². The summed E-state index contributed by atoms with van der Waals surface area (Å²) in [4.78, 5) is 5.19. The standard InChI is InChI=1S/C49H35N3/c1-4-10-33(11-5-1)42-31-46(36-14-8-3-9-15-36)50-45-29-24-34-18-23-40(30-41(34)47(42)45)32-16-19-37(20-17-32)44-28-26-39-22-21-38-25-27-43(35-12-6-2-7-13-35)51-48(38)49(39)52-44/h1-31,43,49,51-52H. The number of pyridine rings is 1. The summed E-state index contributed by atoms with van der Waals surface area (Å²) in [5.74, 6) is 0. The van der Waals surface area contributed by atoms with Gasteiger partial charge in [0.1, 0.15) is 0 Å². The van der Waals surface area contributed by atoms with Gasteiger partial charge in [-0.1, -0.05) is 164 Å². The van der Waals surface area contributed by atoms with Crippen molar-refractivity contribution in [2.24, 2.45) is 0 Å². The third-order valence-corrected chi connectivity index (χ3v) is 10.5. The SMILES string of the molecule is C1=CC2=C(NC(c3ccccc3)C=C2)C2NC(c3ccc(-c4ccc5ccc6nc(-c7ccccc7)cc(-c7ccccc7)c6c5c4)cc3)=CC=C12. The zero-order valence-corrected chi connectivity index (χ0v) is 28.5. The maximum atomic E-state index is 5.19.